The molecule has 35 heavy (non-hydrogen) atoms. The van der Waals surface area contributed by atoms with Crippen LogP contribution in [0.15, 0.2) is 36.4 Å². The number of amides is 2. The molecule has 0 fully saturated rings. The molecule has 2 aromatic rings. The first-order valence-electron chi connectivity index (χ1n) is 11.0. The van der Waals surface area contributed by atoms with Crippen molar-refractivity contribution in [2.75, 3.05) is 17.1 Å². The largest absolute Gasteiger partial charge is 0.352 e. The smallest absolute Gasteiger partial charge is 0.244 e. The van der Waals surface area contributed by atoms with Gasteiger partial charge in [0.15, 0.2) is 0 Å². The molecule has 0 bridgehead atoms. The van der Waals surface area contributed by atoms with Crippen LogP contribution in [0.5, 0.6) is 0 Å². The summed E-state index contributed by atoms with van der Waals surface area (Å²) in [6, 6.07) is 8.64. The predicted molar refractivity (Wildman–Crippen MR) is 143 cm³/mol. The average molecular weight is 563 g/mol. The van der Waals surface area contributed by atoms with Crippen LogP contribution in [-0.2, 0) is 26.2 Å². The van der Waals surface area contributed by atoms with Crippen LogP contribution in [0.2, 0.25) is 15.1 Å². The van der Waals surface area contributed by atoms with Crippen molar-refractivity contribution >= 4 is 62.3 Å². The molecule has 1 N–H and O–H groups in total. The third-order valence-corrected chi connectivity index (χ3v) is 7.94. The van der Waals surface area contributed by atoms with E-state index in [0.29, 0.717) is 27.1 Å². The van der Waals surface area contributed by atoms with E-state index < -0.39 is 28.5 Å². The third kappa shape index (κ3) is 7.74. The molecule has 2 unspecified atom stereocenters. The van der Waals surface area contributed by atoms with Crippen molar-refractivity contribution in [3.63, 3.8) is 0 Å². The number of nitrogens with one attached hydrogen (secondary N) is 1. The summed E-state index contributed by atoms with van der Waals surface area (Å²) in [5, 5.41) is 3.88. The number of hydrogen-bond donors (Lipinski definition) is 1. The van der Waals surface area contributed by atoms with Crippen LogP contribution >= 0.6 is 34.8 Å². The number of aryl methyl sites for hydroxylation is 1. The quantitative estimate of drug-likeness (QED) is 0.439. The zero-order valence-corrected chi connectivity index (χ0v) is 23.4. The van der Waals surface area contributed by atoms with Crippen molar-refractivity contribution in [2.24, 2.45) is 0 Å². The lowest BCUT2D eigenvalue weighted by molar-refractivity contribution is -0.139. The Labute approximate surface area is 222 Å². The maximum absolute atomic E-state index is 13.6. The maximum atomic E-state index is 13.6. The molecular formula is C24H30Cl3N3O4S. The Kier molecular flexibility index (Phi) is 10.3. The molecule has 0 saturated heterocycles. The summed E-state index contributed by atoms with van der Waals surface area (Å²) in [7, 11) is -3.86. The Morgan fingerprint density at radius 3 is 2.14 bits per heavy atom. The maximum Gasteiger partial charge on any atom is 0.244 e. The molecule has 11 heteroatoms. The van der Waals surface area contributed by atoms with E-state index in [1.807, 2.05) is 13.8 Å². The van der Waals surface area contributed by atoms with Crippen LogP contribution < -0.4 is 9.62 Å². The Balaban J connectivity index is 2.47. The Bertz CT molecular complexity index is 1170. The highest BCUT2D eigenvalue weighted by molar-refractivity contribution is 7.92. The summed E-state index contributed by atoms with van der Waals surface area (Å²) < 4.78 is 26.2. The number of rotatable bonds is 10. The van der Waals surface area contributed by atoms with E-state index in [0.717, 1.165) is 16.1 Å². The van der Waals surface area contributed by atoms with Crippen LogP contribution in [0.25, 0.3) is 0 Å². The zero-order chi connectivity index (χ0) is 26.5. The highest BCUT2D eigenvalue weighted by atomic mass is 35.5. The van der Waals surface area contributed by atoms with E-state index in [4.69, 9.17) is 34.8 Å². The predicted octanol–water partition coefficient (Wildman–Crippen LogP) is 5.05. The second-order valence-corrected chi connectivity index (χ2v) is 11.5. The molecule has 0 aromatic heterocycles. The van der Waals surface area contributed by atoms with Crippen molar-refractivity contribution in [3.05, 3.63) is 62.6 Å². The molecule has 0 saturated carbocycles. The number of anilines is 1. The fourth-order valence-corrected chi connectivity index (χ4v) is 4.79. The second-order valence-electron chi connectivity index (χ2n) is 8.42. The van der Waals surface area contributed by atoms with E-state index in [1.54, 1.807) is 44.2 Å². The van der Waals surface area contributed by atoms with Crippen molar-refractivity contribution in [3.8, 4) is 0 Å². The lowest BCUT2D eigenvalue weighted by Crippen LogP contribution is -2.52. The van der Waals surface area contributed by atoms with Gasteiger partial charge in [0, 0.05) is 33.2 Å². The fraction of sp³-hybridized carbons (Fsp3) is 0.417. The summed E-state index contributed by atoms with van der Waals surface area (Å²) in [6.07, 6.45) is 1.71. The molecule has 0 aliphatic rings. The molecular weight excluding hydrogens is 533 g/mol. The fourth-order valence-electron chi connectivity index (χ4n) is 3.25. The standard InChI is InChI=1S/C24H30Cl3N3O4S/c1-6-16(3)28-24(32)17(4)29(13-19-20(25)8-7-9-21(19)26)23(31)14-30(35(5,33)34)18-11-10-15(2)22(27)12-18/h7-12,16-17H,6,13-14H2,1-5H3,(H,28,32). The SMILES string of the molecule is CCC(C)NC(=O)C(C)N(Cc1c(Cl)cccc1Cl)C(=O)CN(c1ccc(C)c(Cl)c1)S(C)(=O)=O. The third-order valence-electron chi connectivity index (χ3n) is 5.68. The molecule has 0 spiro atoms. The van der Waals surface area contributed by atoms with Gasteiger partial charge in [-0.2, -0.15) is 0 Å². The highest BCUT2D eigenvalue weighted by Crippen LogP contribution is 2.28. The van der Waals surface area contributed by atoms with Gasteiger partial charge in [-0.25, -0.2) is 8.42 Å². The van der Waals surface area contributed by atoms with Crippen molar-refractivity contribution in [1.82, 2.24) is 10.2 Å². The summed E-state index contributed by atoms with van der Waals surface area (Å²) in [6.45, 7) is 6.52. The first kappa shape index (κ1) is 29.2. The number of benzene rings is 2. The number of halogens is 3. The normalized spacial score (nSPS) is 13.1. The van der Waals surface area contributed by atoms with Crippen molar-refractivity contribution in [2.45, 2.75) is 52.7 Å². The van der Waals surface area contributed by atoms with Gasteiger partial charge in [-0.1, -0.05) is 53.9 Å². The first-order chi connectivity index (χ1) is 16.3. The van der Waals surface area contributed by atoms with Gasteiger partial charge in [-0.3, -0.25) is 13.9 Å². The summed E-state index contributed by atoms with van der Waals surface area (Å²) in [4.78, 5) is 27.8. The molecule has 7 nitrogen and oxygen atoms in total. The molecule has 2 rings (SSSR count). The Hall–Kier alpha value is -2.00. The van der Waals surface area contributed by atoms with Gasteiger partial charge in [-0.15, -0.1) is 0 Å². The van der Waals surface area contributed by atoms with Crippen molar-refractivity contribution in [1.29, 1.82) is 0 Å². The average Bonchev–Trinajstić information content (AvgIpc) is 2.77. The Morgan fingerprint density at radius 1 is 1.03 bits per heavy atom. The second kappa shape index (κ2) is 12.3. The number of carbonyl (C=O) groups excluding carboxylic acids is 2. The van der Waals surface area contributed by atoms with E-state index in [1.165, 1.54) is 11.0 Å². The molecule has 2 aromatic carbocycles. The van der Waals surface area contributed by atoms with Crippen LogP contribution in [0.1, 0.15) is 38.3 Å². The number of nitrogens with zero attached hydrogens (tertiary/aromatic N) is 2. The van der Waals surface area contributed by atoms with Crippen LogP contribution in [-0.4, -0.2) is 50.0 Å². The lowest BCUT2D eigenvalue weighted by Gasteiger charge is -2.32. The Morgan fingerprint density at radius 2 is 1.63 bits per heavy atom. The summed E-state index contributed by atoms with van der Waals surface area (Å²) >= 11 is 18.9. The summed E-state index contributed by atoms with van der Waals surface area (Å²) in [5.41, 5.74) is 1.46. The topological polar surface area (TPSA) is 86.8 Å². The zero-order valence-electron chi connectivity index (χ0n) is 20.3. The number of sulfonamides is 1. The van der Waals surface area contributed by atoms with Gasteiger partial charge < -0.3 is 10.2 Å². The molecule has 0 heterocycles. The van der Waals surface area contributed by atoms with E-state index in [-0.39, 0.29) is 24.2 Å². The minimum absolute atomic E-state index is 0.0846. The van der Waals surface area contributed by atoms with Crippen molar-refractivity contribution < 1.29 is 18.0 Å². The summed E-state index contributed by atoms with van der Waals surface area (Å²) in [5.74, 6) is -0.977. The number of hydrogen-bond acceptors (Lipinski definition) is 4. The van der Waals surface area contributed by atoms with Gasteiger partial charge in [-0.05, 0) is 57.0 Å². The molecule has 0 aliphatic heterocycles. The minimum Gasteiger partial charge on any atom is -0.352 e. The van der Waals surface area contributed by atoms with Crippen LogP contribution in [0, 0.1) is 6.92 Å². The molecule has 0 aliphatic carbocycles. The minimum atomic E-state index is -3.86. The van der Waals surface area contributed by atoms with E-state index in [2.05, 4.69) is 5.32 Å². The lowest BCUT2D eigenvalue weighted by atomic mass is 10.1. The molecule has 2 amide bonds. The van der Waals surface area contributed by atoms with Gasteiger partial charge in [0.2, 0.25) is 21.8 Å². The van der Waals surface area contributed by atoms with Gasteiger partial charge in [0.25, 0.3) is 0 Å². The molecule has 2 atom stereocenters. The first-order valence-corrected chi connectivity index (χ1v) is 14.0. The molecule has 0 radical (unpaired) electrons. The number of carbonyl (C=O) groups is 2. The monoisotopic (exact) mass is 561 g/mol. The van der Waals surface area contributed by atoms with Gasteiger partial charge in [0.1, 0.15) is 12.6 Å². The van der Waals surface area contributed by atoms with Crippen LogP contribution in [0.3, 0.4) is 0 Å². The van der Waals surface area contributed by atoms with E-state index >= 15 is 0 Å². The van der Waals surface area contributed by atoms with E-state index in [9.17, 15) is 18.0 Å². The van der Waals surface area contributed by atoms with Crippen LogP contribution in [0.4, 0.5) is 5.69 Å². The van der Waals surface area contributed by atoms with Gasteiger partial charge in [0.05, 0.1) is 11.9 Å². The van der Waals surface area contributed by atoms with Gasteiger partial charge >= 0.3 is 0 Å². The highest BCUT2D eigenvalue weighted by Gasteiger charge is 2.31. The molecule has 192 valence electrons.